The zero-order chi connectivity index (χ0) is 19.3. The first-order valence-electron chi connectivity index (χ1n) is 9.09. The number of hydrogen-bond acceptors (Lipinski definition) is 7. The van der Waals surface area contributed by atoms with Crippen LogP contribution in [0.25, 0.3) is 0 Å². The molecule has 0 bridgehead atoms. The number of amides is 1. The van der Waals surface area contributed by atoms with Crippen molar-refractivity contribution in [3.05, 3.63) is 59.4 Å². The summed E-state index contributed by atoms with van der Waals surface area (Å²) in [5.41, 5.74) is 2.74. The van der Waals surface area contributed by atoms with Gasteiger partial charge >= 0.3 is 0 Å². The first-order chi connectivity index (χ1) is 13.7. The molecule has 1 atom stereocenters. The molecule has 2 N–H and O–H groups in total. The predicted octanol–water partition coefficient (Wildman–Crippen LogP) is 2.74. The largest absolute Gasteiger partial charge is 0.494 e. The monoisotopic (exact) mass is 398 g/mol. The lowest BCUT2D eigenvalue weighted by atomic mass is 10.2. The number of anilines is 2. The van der Waals surface area contributed by atoms with Crippen LogP contribution in [0, 0.1) is 0 Å². The lowest BCUT2D eigenvalue weighted by molar-refractivity contribution is -0.112. The summed E-state index contributed by atoms with van der Waals surface area (Å²) in [4.78, 5) is 19.7. The SMILES string of the molecule is COc1cc(N2CCOCC2)ccc1NC(=O)C1=CN[C@@H](c2cccnc2)S1. The molecule has 2 aliphatic rings. The van der Waals surface area contributed by atoms with Crippen molar-refractivity contribution in [2.24, 2.45) is 0 Å². The fraction of sp³-hybridized carbons (Fsp3) is 0.300. The minimum absolute atomic E-state index is 0.0139. The molecule has 7 nitrogen and oxygen atoms in total. The molecule has 0 saturated carbocycles. The highest BCUT2D eigenvalue weighted by Crippen LogP contribution is 2.38. The van der Waals surface area contributed by atoms with Crippen molar-refractivity contribution in [3.63, 3.8) is 0 Å². The zero-order valence-electron chi connectivity index (χ0n) is 15.6. The van der Waals surface area contributed by atoms with E-state index in [0.717, 1.165) is 37.6 Å². The van der Waals surface area contributed by atoms with Gasteiger partial charge in [0.2, 0.25) is 0 Å². The second-order valence-corrected chi connectivity index (χ2v) is 7.54. The Balaban J connectivity index is 1.43. The van der Waals surface area contributed by atoms with Gasteiger partial charge in [0.25, 0.3) is 5.91 Å². The number of carbonyl (C=O) groups excluding carboxylic acids is 1. The molecule has 0 spiro atoms. The van der Waals surface area contributed by atoms with Crippen LogP contribution in [0.2, 0.25) is 0 Å². The van der Waals surface area contributed by atoms with Crippen LogP contribution in [0.3, 0.4) is 0 Å². The fourth-order valence-corrected chi connectivity index (χ4v) is 4.11. The summed E-state index contributed by atoms with van der Waals surface area (Å²) < 4.78 is 10.9. The van der Waals surface area contributed by atoms with E-state index in [1.165, 1.54) is 11.8 Å². The average Bonchev–Trinajstić information content (AvgIpc) is 3.26. The van der Waals surface area contributed by atoms with Gasteiger partial charge in [0.05, 0.1) is 30.9 Å². The van der Waals surface area contributed by atoms with E-state index in [4.69, 9.17) is 9.47 Å². The first kappa shape index (κ1) is 18.6. The first-order valence-corrected chi connectivity index (χ1v) is 9.97. The van der Waals surface area contributed by atoms with E-state index in [1.54, 1.807) is 25.7 Å². The van der Waals surface area contributed by atoms with Crippen molar-refractivity contribution in [3.8, 4) is 5.75 Å². The summed E-state index contributed by atoms with van der Waals surface area (Å²) in [6.45, 7) is 3.13. The normalized spacial score (nSPS) is 19.0. The van der Waals surface area contributed by atoms with Crippen LogP contribution in [-0.2, 0) is 9.53 Å². The third kappa shape index (κ3) is 4.07. The van der Waals surface area contributed by atoms with Crippen LogP contribution in [0.5, 0.6) is 5.75 Å². The van der Waals surface area contributed by atoms with Crippen LogP contribution < -0.4 is 20.3 Å². The number of nitrogens with zero attached hydrogens (tertiary/aromatic N) is 2. The number of hydrogen-bond donors (Lipinski definition) is 2. The second-order valence-electron chi connectivity index (χ2n) is 6.40. The molecule has 8 heteroatoms. The molecule has 0 unspecified atom stereocenters. The van der Waals surface area contributed by atoms with Gasteiger partial charge in [0.1, 0.15) is 11.1 Å². The number of rotatable bonds is 5. The Morgan fingerprint density at radius 1 is 1.36 bits per heavy atom. The van der Waals surface area contributed by atoms with Crippen molar-refractivity contribution >= 4 is 29.0 Å². The Hall–Kier alpha value is -2.71. The van der Waals surface area contributed by atoms with E-state index in [2.05, 4.69) is 20.5 Å². The van der Waals surface area contributed by atoms with Crippen LogP contribution in [0.1, 0.15) is 10.9 Å². The van der Waals surface area contributed by atoms with Gasteiger partial charge < -0.3 is 25.0 Å². The van der Waals surface area contributed by atoms with Gasteiger partial charge in [-0.3, -0.25) is 9.78 Å². The summed E-state index contributed by atoms with van der Waals surface area (Å²) >= 11 is 1.47. The van der Waals surface area contributed by atoms with E-state index in [9.17, 15) is 4.79 Å². The van der Waals surface area contributed by atoms with Crippen molar-refractivity contribution in [2.45, 2.75) is 5.37 Å². The minimum atomic E-state index is -0.165. The number of benzene rings is 1. The molecule has 0 aliphatic carbocycles. The van der Waals surface area contributed by atoms with Gasteiger partial charge in [-0.05, 0) is 18.2 Å². The molecule has 3 heterocycles. The van der Waals surface area contributed by atoms with Crippen molar-refractivity contribution in [1.29, 1.82) is 0 Å². The third-order valence-electron chi connectivity index (χ3n) is 4.63. The van der Waals surface area contributed by atoms with E-state index < -0.39 is 0 Å². The molecule has 1 aromatic carbocycles. The highest BCUT2D eigenvalue weighted by atomic mass is 32.2. The maximum Gasteiger partial charge on any atom is 0.263 e. The summed E-state index contributed by atoms with van der Waals surface area (Å²) in [5, 5.41) is 6.16. The van der Waals surface area contributed by atoms with E-state index in [-0.39, 0.29) is 11.3 Å². The van der Waals surface area contributed by atoms with E-state index in [1.807, 2.05) is 30.3 Å². The number of morpholine rings is 1. The molecule has 1 aromatic heterocycles. The van der Waals surface area contributed by atoms with E-state index >= 15 is 0 Å². The number of pyridine rings is 1. The maximum atomic E-state index is 12.7. The number of aromatic nitrogens is 1. The second kappa shape index (κ2) is 8.53. The summed E-state index contributed by atoms with van der Waals surface area (Å²) in [5.74, 6) is 0.471. The Morgan fingerprint density at radius 3 is 2.96 bits per heavy atom. The Labute approximate surface area is 168 Å². The molecule has 2 aromatic rings. The summed E-state index contributed by atoms with van der Waals surface area (Å²) in [6.07, 6.45) is 5.27. The summed E-state index contributed by atoms with van der Waals surface area (Å²) in [7, 11) is 1.61. The third-order valence-corrected chi connectivity index (χ3v) is 5.83. The molecular weight excluding hydrogens is 376 g/mol. The van der Waals surface area contributed by atoms with Gasteiger partial charge in [0, 0.05) is 49.0 Å². The summed E-state index contributed by atoms with van der Waals surface area (Å²) in [6, 6.07) is 9.70. The van der Waals surface area contributed by atoms with Gasteiger partial charge in [-0.1, -0.05) is 17.8 Å². The lowest BCUT2D eigenvalue weighted by Crippen LogP contribution is -2.36. The van der Waals surface area contributed by atoms with Crippen molar-refractivity contribution in [2.75, 3.05) is 43.6 Å². The average molecular weight is 398 g/mol. The molecular formula is C20H22N4O3S. The quantitative estimate of drug-likeness (QED) is 0.802. The minimum Gasteiger partial charge on any atom is -0.494 e. The number of ether oxygens (including phenoxy) is 2. The van der Waals surface area contributed by atoms with Gasteiger partial charge in [-0.2, -0.15) is 0 Å². The topological polar surface area (TPSA) is 75.7 Å². The standard InChI is InChI=1S/C20H22N4O3S/c1-26-17-11-15(24-7-9-27-10-8-24)4-5-16(17)23-19(25)18-13-22-20(28-18)14-3-2-6-21-12-14/h2-6,11-13,20,22H,7-10H2,1H3,(H,23,25)/t20-/m1/s1. The van der Waals surface area contributed by atoms with Crippen LogP contribution >= 0.6 is 11.8 Å². The Kier molecular flexibility index (Phi) is 5.68. The van der Waals surface area contributed by atoms with Gasteiger partial charge in [-0.25, -0.2) is 0 Å². The number of thioether (sulfide) groups is 1. The molecule has 4 rings (SSSR count). The van der Waals surface area contributed by atoms with Crippen LogP contribution in [0.15, 0.2) is 53.8 Å². The van der Waals surface area contributed by atoms with Crippen LogP contribution in [-0.4, -0.2) is 44.3 Å². The zero-order valence-corrected chi connectivity index (χ0v) is 16.4. The molecule has 146 valence electrons. The molecule has 0 radical (unpaired) electrons. The maximum absolute atomic E-state index is 12.7. The fourth-order valence-electron chi connectivity index (χ4n) is 3.15. The van der Waals surface area contributed by atoms with Crippen molar-refractivity contribution < 1.29 is 14.3 Å². The highest BCUT2D eigenvalue weighted by Gasteiger charge is 2.24. The predicted molar refractivity (Wildman–Crippen MR) is 110 cm³/mol. The molecule has 2 aliphatic heterocycles. The number of carbonyl (C=O) groups is 1. The van der Waals surface area contributed by atoms with Crippen molar-refractivity contribution in [1.82, 2.24) is 10.3 Å². The smallest absolute Gasteiger partial charge is 0.263 e. The number of nitrogens with one attached hydrogen (secondary N) is 2. The Bertz CT molecular complexity index is 869. The van der Waals surface area contributed by atoms with E-state index in [0.29, 0.717) is 16.3 Å². The van der Waals surface area contributed by atoms with Crippen LogP contribution in [0.4, 0.5) is 11.4 Å². The number of methoxy groups -OCH3 is 1. The van der Waals surface area contributed by atoms with Gasteiger partial charge in [-0.15, -0.1) is 0 Å². The lowest BCUT2D eigenvalue weighted by Gasteiger charge is -2.29. The molecule has 1 amide bonds. The molecule has 1 saturated heterocycles. The Morgan fingerprint density at radius 2 is 2.21 bits per heavy atom. The molecule has 1 fully saturated rings. The highest BCUT2D eigenvalue weighted by molar-refractivity contribution is 8.04. The molecule has 28 heavy (non-hydrogen) atoms. The van der Waals surface area contributed by atoms with Gasteiger partial charge in [0.15, 0.2) is 0 Å².